The van der Waals surface area contributed by atoms with Gasteiger partial charge in [0, 0.05) is 13.2 Å². The van der Waals surface area contributed by atoms with E-state index in [2.05, 4.69) is 21.5 Å². The summed E-state index contributed by atoms with van der Waals surface area (Å²) in [7, 11) is 0. The topological polar surface area (TPSA) is 74.4 Å². The second kappa shape index (κ2) is 7.62. The molecular formula is C12H22N4O2S. The zero-order valence-electron chi connectivity index (χ0n) is 11.0. The fourth-order valence-corrected chi connectivity index (χ4v) is 2.47. The van der Waals surface area contributed by atoms with Crippen molar-refractivity contribution in [3.8, 4) is 0 Å². The molecule has 4 N–H and O–H groups in total. The van der Waals surface area contributed by atoms with Crippen LogP contribution in [-0.4, -0.2) is 42.9 Å². The summed E-state index contributed by atoms with van der Waals surface area (Å²) in [5, 5.41) is 6.66. The molecule has 0 spiro atoms. The third-order valence-electron chi connectivity index (χ3n) is 3.44. The van der Waals surface area contributed by atoms with E-state index in [1.165, 1.54) is 0 Å². The van der Waals surface area contributed by atoms with Crippen LogP contribution in [0.3, 0.4) is 0 Å². The fourth-order valence-electron chi connectivity index (χ4n) is 2.34. The third-order valence-corrected chi connectivity index (χ3v) is 3.69. The SMILES string of the molecule is O=C(NNC(=S)NCC1CCCO1)C1CCCCN1. The molecule has 2 atom stereocenters. The number of hydrazine groups is 1. The standard InChI is InChI=1S/C12H22N4O2S/c17-11(10-5-1-2-6-13-10)15-16-12(19)14-8-9-4-3-7-18-9/h9-10,13H,1-8H2,(H,15,17)(H2,14,16,19). The van der Waals surface area contributed by atoms with Gasteiger partial charge >= 0.3 is 0 Å². The smallest absolute Gasteiger partial charge is 0.255 e. The molecule has 0 bridgehead atoms. The van der Waals surface area contributed by atoms with Crippen molar-refractivity contribution in [2.75, 3.05) is 19.7 Å². The van der Waals surface area contributed by atoms with Gasteiger partial charge in [-0.3, -0.25) is 15.6 Å². The quantitative estimate of drug-likeness (QED) is 0.425. The lowest BCUT2D eigenvalue weighted by molar-refractivity contribution is -0.124. The normalized spacial score (nSPS) is 26.7. The minimum atomic E-state index is -0.109. The summed E-state index contributed by atoms with van der Waals surface area (Å²) in [4.78, 5) is 11.8. The first kappa shape index (κ1) is 14.5. The van der Waals surface area contributed by atoms with Crippen molar-refractivity contribution >= 4 is 23.2 Å². The number of hydrogen-bond donors (Lipinski definition) is 4. The molecule has 2 saturated heterocycles. The van der Waals surface area contributed by atoms with Crippen molar-refractivity contribution < 1.29 is 9.53 Å². The average Bonchev–Trinajstić information content (AvgIpc) is 2.96. The molecule has 2 aliphatic heterocycles. The second-order valence-electron chi connectivity index (χ2n) is 4.96. The molecule has 0 aromatic carbocycles. The molecule has 2 rings (SSSR count). The summed E-state index contributed by atoms with van der Waals surface area (Å²) in [5.41, 5.74) is 5.36. The maximum absolute atomic E-state index is 11.8. The minimum absolute atomic E-state index is 0.0547. The van der Waals surface area contributed by atoms with Crippen molar-refractivity contribution in [2.45, 2.75) is 44.2 Å². The van der Waals surface area contributed by atoms with Crippen molar-refractivity contribution in [3.63, 3.8) is 0 Å². The molecule has 0 aliphatic carbocycles. The monoisotopic (exact) mass is 286 g/mol. The van der Waals surface area contributed by atoms with Crippen LogP contribution in [0.15, 0.2) is 0 Å². The maximum atomic E-state index is 11.8. The Kier molecular flexibility index (Phi) is 5.81. The Labute approximate surface area is 119 Å². The molecule has 19 heavy (non-hydrogen) atoms. The predicted molar refractivity (Wildman–Crippen MR) is 76.5 cm³/mol. The Morgan fingerprint density at radius 2 is 2.16 bits per heavy atom. The van der Waals surface area contributed by atoms with E-state index in [1.807, 2.05) is 0 Å². The van der Waals surface area contributed by atoms with Gasteiger partial charge in [-0.2, -0.15) is 0 Å². The lowest BCUT2D eigenvalue weighted by atomic mass is 10.0. The van der Waals surface area contributed by atoms with Gasteiger partial charge in [0.15, 0.2) is 5.11 Å². The van der Waals surface area contributed by atoms with Gasteiger partial charge in [0.05, 0.1) is 12.1 Å². The lowest BCUT2D eigenvalue weighted by Crippen LogP contribution is -2.54. The molecule has 2 aliphatic rings. The maximum Gasteiger partial charge on any atom is 0.255 e. The molecule has 2 heterocycles. The van der Waals surface area contributed by atoms with Crippen LogP contribution >= 0.6 is 12.2 Å². The van der Waals surface area contributed by atoms with Crippen LogP contribution in [0.25, 0.3) is 0 Å². The number of rotatable bonds is 3. The van der Waals surface area contributed by atoms with Crippen molar-refractivity contribution in [3.05, 3.63) is 0 Å². The number of piperidine rings is 1. The van der Waals surface area contributed by atoms with Gasteiger partial charge in [0.2, 0.25) is 0 Å². The molecule has 0 radical (unpaired) electrons. The molecule has 0 saturated carbocycles. The fraction of sp³-hybridized carbons (Fsp3) is 0.833. The zero-order valence-corrected chi connectivity index (χ0v) is 11.9. The van der Waals surface area contributed by atoms with Gasteiger partial charge in [-0.25, -0.2) is 0 Å². The van der Waals surface area contributed by atoms with Crippen LogP contribution in [0.2, 0.25) is 0 Å². The van der Waals surface area contributed by atoms with E-state index in [0.717, 1.165) is 45.3 Å². The van der Waals surface area contributed by atoms with Gasteiger partial charge in [0.25, 0.3) is 5.91 Å². The molecular weight excluding hydrogens is 264 g/mol. The highest BCUT2D eigenvalue weighted by molar-refractivity contribution is 7.80. The Bertz CT molecular complexity index is 315. The molecule has 6 nitrogen and oxygen atoms in total. The van der Waals surface area contributed by atoms with E-state index in [-0.39, 0.29) is 18.1 Å². The summed E-state index contributed by atoms with van der Waals surface area (Å²) in [5.74, 6) is -0.0547. The number of nitrogens with one attached hydrogen (secondary N) is 4. The Morgan fingerprint density at radius 1 is 1.26 bits per heavy atom. The van der Waals surface area contributed by atoms with Crippen LogP contribution in [0.5, 0.6) is 0 Å². The van der Waals surface area contributed by atoms with Crippen LogP contribution < -0.4 is 21.5 Å². The van der Waals surface area contributed by atoms with Gasteiger partial charge in [0.1, 0.15) is 0 Å². The first-order valence-electron chi connectivity index (χ1n) is 6.94. The third kappa shape index (κ3) is 4.93. The first-order chi connectivity index (χ1) is 9.25. The van der Waals surface area contributed by atoms with E-state index < -0.39 is 0 Å². The van der Waals surface area contributed by atoms with E-state index in [0.29, 0.717) is 11.7 Å². The van der Waals surface area contributed by atoms with Gasteiger partial charge in [-0.1, -0.05) is 6.42 Å². The van der Waals surface area contributed by atoms with Crippen molar-refractivity contribution in [2.24, 2.45) is 0 Å². The van der Waals surface area contributed by atoms with Crippen LogP contribution in [0.4, 0.5) is 0 Å². The summed E-state index contributed by atoms with van der Waals surface area (Å²) >= 11 is 5.10. The number of carbonyl (C=O) groups is 1. The lowest BCUT2D eigenvalue weighted by Gasteiger charge is -2.23. The molecule has 0 aromatic rings. The first-order valence-corrected chi connectivity index (χ1v) is 7.35. The number of ether oxygens (including phenoxy) is 1. The van der Waals surface area contributed by atoms with Crippen LogP contribution in [-0.2, 0) is 9.53 Å². The summed E-state index contributed by atoms with van der Waals surface area (Å²) < 4.78 is 5.48. The Balaban J connectivity index is 1.58. The minimum Gasteiger partial charge on any atom is -0.376 e. The summed E-state index contributed by atoms with van der Waals surface area (Å²) in [6.45, 7) is 2.42. The number of hydrogen-bond acceptors (Lipinski definition) is 4. The van der Waals surface area contributed by atoms with Gasteiger partial charge < -0.3 is 15.4 Å². The highest BCUT2D eigenvalue weighted by atomic mass is 32.1. The van der Waals surface area contributed by atoms with E-state index in [1.54, 1.807) is 0 Å². The molecule has 0 aromatic heterocycles. The van der Waals surface area contributed by atoms with Crippen molar-refractivity contribution in [1.29, 1.82) is 0 Å². The highest BCUT2D eigenvalue weighted by Gasteiger charge is 2.20. The highest BCUT2D eigenvalue weighted by Crippen LogP contribution is 2.10. The summed E-state index contributed by atoms with van der Waals surface area (Å²) in [6, 6.07) is -0.109. The van der Waals surface area contributed by atoms with Gasteiger partial charge in [-0.15, -0.1) is 0 Å². The zero-order chi connectivity index (χ0) is 13.5. The summed E-state index contributed by atoms with van der Waals surface area (Å²) in [6.07, 6.45) is 5.51. The second-order valence-corrected chi connectivity index (χ2v) is 5.37. The Hall–Kier alpha value is -0.920. The van der Waals surface area contributed by atoms with Crippen molar-refractivity contribution in [1.82, 2.24) is 21.5 Å². The Morgan fingerprint density at radius 3 is 2.84 bits per heavy atom. The molecule has 1 amide bonds. The molecule has 2 fully saturated rings. The molecule has 2 unspecified atom stereocenters. The van der Waals surface area contributed by atoms with Crippen LogP contribution in [0.1, 0.15) is 32.1 Å². The van der Waals surface area contributed by atoms with E-state index >= 15 is 0 Å². The molecule has 7 heteroatoms. The molecule has 108 valence electrons. The number of thiocarbonyl (C=S) groups is 1. The van der Waals surface area contributed by atoms with Crippen LogP contribution in [0, 0.1) is 0 Å². The number of amides is 1. The average molecular weight is 286 g/mol. The largest absolute Gasteiger partial charge is 0.376 e. The van der Waals surface area contributed by atoms with E-state index in [4.69, 9.17) is 17.0 Å². The predicted octanol–water partition coefficient (Wildman–Crippen LogP) is -0.197. The number of carbonyl (C=O) groups excluding carboxylic acids is 1. The van der Waals surface area contributed by atoms with E-state index in [9.17, 15) is 4.79 Å². The van der Waals surface area contributed by atoms with Gasteiger partial charge in [-0.05, 0) is 44.4 Å².